The van der Waals surface area contributed by atoms with Crippen LogP contribution in [0.3, 0.4) is 0 Å². The van der Waals surface area contributed by atoms with Gasteiger partial charge in [-0.2, -0.15) is 4.68 Å². The van der Waals surface area contributed by atoms with Crippen molar-refractivity contribution in [3.63, 3.8) is 0 Å². The van der Waals surface area contributed by atoms with Crippen molar-refractivity contribution in [3.8, 4) is 11.4 Å². The lowest BCUT2D eigenvalue weighted by Crippen LogP contribution is -2.31. The molecule has 1 aromatic carbocycles. The molecule has 0 radical (unpaired) electrons. The number of nitrogens with zero attached hydrogens (tertiary/aromatic N) is 4. The average Bonchev–Trinajstić information content (AvgIpc) is 2.89. The van der Waals surface area contributed by atoms with E-state index in [9.17, 15) is 0 Å². The van der Waals surface area contributed by atoms with Crippen LogP contribution in [0.4, 0.5) is 0 Å². The number of nitrogens with two attached hydrogens (primary N) is 1. The molecule has 114 valence electrons. The lowest BCUT2D eigenvalue weighted by molar-refractivity contribution is 0.147. The van der Waals surface area contributed by atoms with Gasteiger partial charge in [0.2, 0.25) is 0 Å². The monoisotopic (exact) mass is 309 g/mol. The van der Waals surface area contributed by atoms with E-state index in [4.69, 9.17) is 10.5 Å². The number of aryl methyl sites for hydroxylation is 1. The maximum absolute atomic E-state index is 5.99. The first kappa shape index (κ1) is 15.7. The fourth-order valence-corrected chi connectivity index (χ4v) is 2.54. The van der Waals surface area contributed by atoms with E-state index in [1.807, 2.05) is 31.2 Å². The number of aromatic nitrogens is 4. The molecule has 1 aromatic heterocycles. The third-order valence-corrected chi connectivity index (χ3v) is 3.73. The van der Waals surface area contributed by atoms with E-state index in [-0.39, 0.29) is 18.5 Å². The summed E-state index contributed by atoms with van der Waals surface area (Å²) in [6.45, 7) is 1.87. The molecule has 1 saturated carbocycles. The van der Waals surface area contributed by atoms with Crippen LogP contribution < -0.4 is 10.5 Å². The predicted octanol–water partition coefficient (Wildman–Crippen LogP) is 2.04. The first-order valence-electron chi connectivity index (χ1n) is 7.00. The molecule has 1 aliphatic carbocycles. The number of rotatable bonds is 3. The van der Waals surface area contributed by atoms with Crippen LogP contribution in [0.25, 0.3) is 5.69 Å². The minimum absolute atomic E-state index is 0. The maximum Gasteiger partial charge on any atom is 0.153 e. The second-order valence-electron chi connectivity index (χ2n) is 5.29. The summed E-state index contributed by atoms with van der Waals surface area (Å²) in [7, 11) is 0. The van der Waals surface area contributed by atoms with Crippen LogP contribution in [0, 0.1) is 6.92 Å². The highest BCUT2D eigenvalue weighted by Crippen LogP contribution is 2.23. The number of halogens is 1. The molecule has 1 heterocycles. The zero-order valence-electron chi connectivity index (χ0n) is 12.0. The molecule has 0 saturated heterocycles. The van der Waals surface area contributed by atoms with E-state index in [0.717, 1.165) is 42.9 Å². The fraction of sp³-hybridized carbons (Fsp3) is 0.500. The van der Waals surface area contributed by atoms with Gasteiger partial charge in [0.15, 0.2) is 5.82 Å². The zero-order chi connectivity index (χ0) is 13.9. The predicted molar refractivity (Wildman–Crippen MR) is 82.0 cm³/mol. The van der Waals surface area contributed by atoms with Crippen molar-refractivity contribution >= 4 is 12.4 Å². The Kier molecular flexibility index (Phi) is 5.14. The Morgan fingerprint density at radius 1 is 1.14 bits per heavy atom. The highest BCUT2D eigenvalue weighted by molar-refractivity contribution is 5.85. The molecule has 3 rings (SSSR count). The molecule has 7 heteroatoms. The van der Waals surface area contributed by atoms with E-state index < -0.39 is 0 Å². The van der Waals surface area contributed by atoms with Gasteiger partial charge in [-0.15, -0.1) is 17.5 Å². The van der Waals surface area contributed by atoms with Gasteiger partial charge >= 0.3 is 0 Å². The van der Waals surface area contributed by atoms with E-state index in [0.29, 0.717) is 6.04 Å². The minimum atomic E-state index is 0. The summed E-state index contributed by atoms with van der Waals surface area (Å²) in [6.07, 6.45) is 4.46. The second-order valence-corrected chi connectivity index (χ2v) is 5.29. The molecule has 0 aliphatic heterocycles. The van der Waals surface area contributed by atoms with Gasteiger partial charge < -0.3 is 10.5 Å². The summed E-state index contributed by atoms with van der Waals surface area (Å²) in [5, 5.41) is 11.5. The van der Waals surface area contributed by atoms with E-state index >= 15 is 0 Å². The smallest absolute Gasteiger partial charge is 0.153 e. The Bertz CT molecular complexity index is 563. The molecular formula is C14H20ClN5O. The molecule has 0 spiro atoms. The molecule has 2 aromatic rings. The lowest BCUT2D eigenvalue weighted by atomic mass is 9.94. The van der Waals surface area contributed by atoms with Crippen LogP contribution in [0.5, 0.6) is 5.75 Å². The minimum Gasteiger partial charge on any atom is -0.490 e. The lowest BCUT2D eigenvalue weighted by Gasteiger charge is -2.26. The maximum atomic E-state index is 5.99. The van der Waals surface area contributed by atoms with Crippen LogP contribution in [0.15, 0.2) is 24.3 Å². The summed E-state index contributed by atoms with van der Waals surface area (Å²) in [4.78, 5) is 0. The largest absolute Gasteiger partial charge is 0.490 e. The summed E-state index contributed by atoms with van der Waals surface area (Å²) in [5.41, 5.74) is 6.84. The van der Waals surface area contributed by atoms with Gasteiger partial charge in [0.05, 0.1) is 11.8 Å². The van der Waals surface area contributed by atoms with Crippen molar-refractivity contribution in [2.45, 2.75) is 44.8 Å². The van der Waals surface area contributed by atoms with Crippen molar-refractivity contribution in [2.24, 2.45) is 5.73 Å². The Hall–Kier alpha value is -1.66. The quantitative estimate of drug-likeness (QED) is 0.938. The number of tetrazole rings is 1. The highest BCUT2D eigenvalue weighted by atomic mass is 35.5. The van der Waals surface area contributed by atoms with Gasteiger partial charge in [0.25, 0.3) is 0 Å². The van der Waals surface area contributed by atoms with Gasteiger partial charge in [-0.25, -0.2) is 0 Å². The Labute approximate surface area is 130 Å². The first-order chi connectivity index (χ1) is 9.72. The zero-order valence-corrected chi connectivity index (χ0v) is 12.8. The van der Waals surface area contributed by atoms with Crippen LogP contribution >= 0.6 is 12.4 Å². The standard InChI is InChI=1S/C14H19N5O.ClH/c1-10-16-17-18-19(10)12-4-8-14(9-5-12)20-13-6-2-11(15)3-7-13;/h4-5,8-9,11,13H,2-3,6-7,15H2,1H3;1H. The fourth-order valence-electron chi connectivity index (χ4n) is 2.54. The normalized spacial score (nSPS) is 21.6. The highest BCUT2D eigenvalue weighted by Gasteiger charge is 2.19. The molecular weight excluding hydrogens is 290 g/mol. The molecule has 2 N–H and O–H groups in total. The Balaban J connectivity index is 0.00000161. The number of ether oxygens (including phenoxy) is 1. The molecule has 1 aliphatic rings. The van der Waals surface area contributed by atoms with E-state index in [2.05, 4.69) is 15.5 Å². The molecule has 0 bridgehead atoms. The Morgan fingerprint density at radius 2 is 1.81 bits per heavy atom. The van der Waals surface area contributed by atoms with Crippen molar-refractivity contribution < 1.29 is 4.74 Å². The van der Waals surface area contributed by atoms with Gasteiger partial charge in [0, 0.05) is 6.04 Å². The van der Waals surface area contributed by atoms with Gasteiger partial charge in [-0.05, 0) is 67.3 Å². The molecule has 0 amide bonds. The van der Waals surface area contributed by atoms with Crippen LogP contribution in [0.2, 0.25) is 0 Å². The van der Waals surface area contributed by atoms with Crippen molar-refractivity contribution in [1.82, 2.24) is 20.2 Å². The summed E-state index contributed by atoms with van der Waals surface area (Å²) in [5.74, 6) is 1.65. The van der Waals surface area contributed by atoms with E-state index in [1.165, 1.54) is 0 Å². The van der Waals surface area contributed by atoms with Crippen molar-refractivity contribution in [3.05, 3.63) is 30.1 Å². The van der Waals surface area contributed by atoms with Gasteiger partial charge in [-0.3, -0.25) is 0 Å². The molecule has 0 atom stereocenters. The number of hydrogen-bond acceptors (Lipinski definition) is 5. The first-order valence-corrected chi connectivity index (χ1v) is 7.00. The van der Waals surface area contributed by atoms with Gasteiger partial charge in [-0.1, -0.05) is 0 Å². The molecule has 6 nitrogen and oxygen atoms in total. The number of benzene rings is 1. The van der Waals surface area contributed by atoms with Crippen LogP contribution in [0.1, 0.15) is 31.5 Å². The van der Waals surface area contributed by atoms with E-state index in [1.54, 1.807) is 4.68 Å². The summed E-state index contributed by atoms with van der Waals surface area (Å²) < 4.78 is 7.69. The van der Waals surface area contributed by atoms with Crippen molar-refractivity contribution in [1.29, 1.82) is 0 Å². The van der Waals surface area contributed by atoms with Gasteiger partial charge in [0.1, 0.15) is 5.75 Å². The SMILES string of the molecule is Cc1nnnn1-c1ccc(OC2CCC(N)CC2)cc1.Cl. The molecule has 0 unspecified atom stereocenters. The van der Waals surface area contributed by atoms with Crippen LogP contribution in [-0.4, -0.2) is 32.4 Å². The summed E-state index contributed by atoms with van der Waals surface area (Å²) >= 11 is 0. The average molecular weight is 310 g/mol. The Morgan fingerprint density at radius 3 is 2.38 bits per heavy atom. The third kappa shape index (κ3) is 3.71. The number of hydrogen-bond donors (Lipinski definition) is 1. The molecule has 21 heavy (non-hydrogen) atoms. The second kappa shape index (κ2) is 6.87. The topological polar surface area (TPSA) is 78.8 Å². The summed E-state index contributed by atoms with van der Waals surface area (Å²) in [6, 6.07) is 8.20. The molecule has 1 fully saturated rings. The van der Waals surface area contributed by atoms with Crippen molar-refractivity contribution in [2.75, 3.05) is 0 Å². The van der Waals surface area contributed by atoms with Crippen LogP contribution in [-0.2, 0) is 0 Å². The third-order valence-electron chi connectivity index (χ3n) is 3.73.